The number of benzene rings is 2. The fourth-order valence-electron chi connectivity index (χ4n) is 3.29. The van der Waals surface area contributed by atoms with Gasteiger partial charge in [-0.3, -0.25) is 14.7 Å². The summed E-state index contributed by atoms with van der Waals surface area (Å²) in [5.41, 5.74) is 4.29. The van der Waals surface area contributed by atoms with Crippen molar-refractivity contribution in [3.05, 3.63) is 53.7 Å². The molecule has 0 fully saturated rings. The van der Waals surface area contributed by atoms with E-state index in [4.69, 9.17) is 0 Å². The van der Waals surface area contributed by atoms with Crippen LogP contribution in [0.2, 0.25) is 0 Å². The molecule has 7 nitrogen and oxygen atoms in total. The number of hydrogen-bond donors (Lipinski definition) is 4. The van der Waals surface area contributed by atoms with Gasteiger partial charge < -0.3 is 16.0 Å². The van der Waals surface area contributed by atoms with Gasteiger partial charge in [0, 0.05) is 36.3 Å². The first kappa shape index (κ1) is 17.1. The van der Waals surface area contributed by atoms with Gasteiger partial charge in [0.05, 0.1) is 5.52 Å². The maximum absolute atomic E-state index is 12.3. The summed E-state index contributed by atoms with van der Waals surface area (Å²) in [6, 6.07) is 13.3. The predicted octanol–water partition coefficient (Wildman–Crippen LogP) is 2.68. The van der Waals surface area contributed by atoms with Crippen LogP contribution in [0, 0.1) is 0 Å². The molecule has 138 valence electrons. The molecular formula is C20H21N5O2. The average molecular weight is 363 g/mol. The molecule has 7 heteroatoms. The summed E-state index contributed by atoms with van der Waals surface area (Å²) in [4.78, 5) is 24.4. The first-order chi connectivity index (χ1) is 13.2. The third kappa shape index (κ3) is 3.76. The number of aryl methyl sites for hydroxylation is 1. The van der Waals surface area contributed by atoms with Gasteiger partial charge in [0.15, 0.2) is 5.69 Å². The van der Waals surface area contributed by atoms with Gasteiger partial charge >= 0.3 is 0 Å². The number of rotatable bonds is 5. The number of hydrogen-bond acceptors (Lipinski definition) is 4. The van der Waals surface area contributed by atoms with E-state index < -0.39 is 0 Å². The van der Waals surface area contributed by atoms with E-state index in [1.165, 1.54) is 5.56 Å². The van der Waals surface area contributed by atoms with E-state index in [2.05, 4.69) is 26.1 Å². The first-order valence-corrected chi connectivity index (χ1v) is 9.09. The van der Waals surface area contributed by atoms with Crippen molar-refractivity contribution >= 4 is 34.1 Å². The maximum Gasteiger partial charge on any atom is 0.272 e. The molecule has 0 spiro atoms. The summed E-state index contributed by atoms with van der Waals surface area (Å²) >= 11 is 0. The number of aromatic nitrogens is 2. The highest BCUT2D eigenvalue weighted by Crippen LogP contribution is 2.25. The minimum absolute atomic E-state index is 0.133. The zero-order chi connectivity index (χ0) is 18.6. The zero-order valence-electron chi connectivity index (χ0n) is 14.8. The number of nitrogens with zero attached hydrogens (tertiary/aromatic N) is 1. The number of nitrogens with one attached hydrogen (secondary N) is 4. The minimum atomic E-state index is -0.292. The SMILES string of the molecule is O=C(CCNC(=O)c1n[nH]c2ccccc12)Nc1ccc2c(c1)CCCN2. The average Bonchev–Trinajstić information content (AvgIpc) is 3.12. The van der Waals surface area contributed by atoms with Crippen molar-refractivity contribution in [1.29, 1.82) is 0 Å². The predicted molar refractivity (Wildman–Crippen MR) is 105 cm³/mol. The Kier molecular flexibility index (Phi) is 4.74. The molecule has 2 aromatic carbocycles. The minimum Gasteiger partial charge on any atom is -0.385 e. The van der Waals surface area contributed by atoms with Crippen molar-refractivity contribution in [3.63, 3.8) is 0 Å². The van der Waals surface area contributed by atoms with Crippen LogP contribution in [0.3, 0.4) is 0 Å². The Hall–Kier alpha value is -3.35. The molecule has 0 saturated heterocycles. The summed E-state index contributed by atoms with van der Waals surface area (Å²) < 4.78 is 0. The number of carbonyl (C=O) groups is 2. The molecule has 27 heavy (non-hydrogen) atoms. The summed E-state index contributed by atoms with van der Waals surface area (Å²) in [5, 5.41) is 16.6. The highest BCUT2D eigenvalue weighted by Gasteiger charge is 2.14. The fraction of sp³-hybridized carbons (Fsp3) is 0.250. The van der Waals surface area contributed by atoms with Crippen molar-refractivity contribution in [1.82, 2.24) is 15.5 Å². The van der Waals surface area contributed by atoms with Gasteiger partial charge in [-0.2, -0.15) is 5.10 Å². The lowest BCUT2D eigenvalue weighted by atomic mass is 10.0. The molecule has 2 amide bonds. The van der Waals surface area contributed by atoms with Crippen molar-refractivity contribution in [3.8, 4) is 0 Å². The Morgan fingerprint density at radius 3 is 2.96 bits per heavy atom. The summed E-state index contributed by atoms with van der Waals surface area (Å²) in [7, 11) is 0. The van der Waals surface area contributed by atoms with Crippen LogP contribution in [0.1, 0.15) is 28.9 Å². The van der Waals surface area contributed by atoms with Crippen LogP contribution in [0.15, 0.2) is 42.5 Å². The number of H-pyrrole nitrogens is 1. The molecule has 3 aromatic rings. The largest absolute Gasteiger partial charge is 0.385 e. The van der Waals surface area contributed by atoms with E-state index in [9.17, 15) is 9.59 Å². The lowest BCUT2D eigenvalue weighted by Gasteiger charge is -2.18. The van der Waals surface area contributed by atoms with E-state index >= 15 is 0 Å². The standard InChI is InChI=1S/C20H21N5O2/c26-18(23-14-7-8-16-13(12-14)4-3-10-21-16)9-11-22-20(27)19-15-5-1-2-6-17(15)24-25-19/h1-2,5-8,12,21H,3-4,9-11H2,(H,22,27)(H,23,26)(H,24,25). The molecular weight excluding hydrogens is 342 g/mol. The Balaban J connectivity index is 1.30. The molecule has 0 unspecified atom stereocenters. The quantitative estimate of drug-likeness (QED) is 0.560. The molecule has 1 aliphatic heterocycles. The summed E-state index contributed by atoms with van der Waals surface area (Å²) in [6.45, 7) is 1.24. The highest BCUT2D eigenvalue weighted by atomic mass is 16.2. The second kappa shape index (κ2) is 7.49. The van der Waals surface area contributed by atoms with E-state index in [1.807, 2.05) is 42.5 Å². The molecule has 4 N–H and O–H groups in total. The van der Waals surface area contributed by atoms with E-state index in [-0.39, 0.29) is 24.8 Å². The highest BCUT2D eigenvalue weighted by molar-refractivity contribution is 6.04. The lowest BCUT2D eigenvalue weighted by Crippen LogP contribution is -2.28. The molecule has 0 bridgehead atoms. The van der Waals surface area contributed by atoms with Gasteiger partial charge in [-0.05, 0) is 42.7 Å². The van der Waals surface area contributed by atoms with Crippen LogP contribution < -0.4 is 16.0 Å². The second-order valence-corrected chi connectivity index (χ2v) is 6.57. The van der Waals surface area contributed by atoms with Gasteiger partial charge in [0.25, 0.3) is 5.91 Å². The molecule has 0 saturated carbocycles. The Morgan fingerprint density at radius 2 is 2.04 bits per heavy atom. The Morgan fingerprint density at radius 1 is 1.15 bits per heavy atom. The fourth-order valence-corrected chi connectivity index (χ4v) is 3.29. The Bertz CT molecular complexity index is 995. The summed E-state index contributed by atoms with van der Waals surface area (Å²) in [6.07, 6.45) is 2.31. The molecule has 4 rings (SSSR count). The number of fused-ring (bicyclic) bond motifs is 2. The summed E-state index contributed by atoms with van der Waals surface area (Å²) in [5.74, 6) is -0.425. The molecule has 2 heterocycles. The number of amides is 2. The van der Waals surface area contributed by atoms with Gasteiger partial charge in [0.2, 0.25) is 5.91 Å². The lowest BCUT2D eigenvalue weighted by molar-refractivity contribution is -0.116. The van der Waals surface area contributed by atoms with Gasteiger partial charge in [-0.25, -0.2) is 0 Å². The van der Waals surface area contributed by atoms with Crippen molar-refractivity contribution < 1.29 is 9.59 Å². The zero-order valence-corrected chi connectivity index (χ0v) is 14.8. The van der Waals surface area contributed by atoms with Crippen LogP contribution in [0.25, 0.3) is 10.9 Å². The van der Waals surface area contributed by atoms with Crippen LogP contribution in [-0.2, 0) is 11.2 Å². The molecule has 1 aliphatic rings. The van der Waals surface area contributed by atoms with Crippen LogP contribution in [0.4, 0.5) is 11.4 Å². The van der Waals surface area contributed by atoms with Crippen LogP contribution in [0.5, 0.6) is 0 Å². The first-order valence-electron chi connectivity index (χ1n) is 9.09. The Labute approximate surface area is 156 Å². The normalized spacial score (nSPS) is 12.9. The number of anilines is 2. The van der Waals surface area contributed by atoms with E-state index in [0.717, 1.165) is 41.7 Å². The van der Waals surface area contributed by atoms with E-state index in [1.54, 1.807) is 0 Å². The van der Waals surface area contributed by atoms with Crippen molar-refractivity contribution in [2.24, 2.45) is 0 Å². The van der Waals surface area contributed by atoms with Gasteiger partial charge in [0.1, 0.15) is 0 Å². The van der Waals surface area contributed by atoms with Gasteiger partial charge in [-0.1, -0.05) is 18.2 Å². The van der Waals surface area contributed by atoms with Crippen molar-refractivity contribution in [2.75, 3.05) is 23.7 Å². The second-order valence-electron chi connectivity index (χ2n) is 6.57. The molecule has 1 aromatic heterocycles. The van der Waals surface area contributed by atoms with Crippen molar-refractivity contribution in [2.45, 2.75) is 19.3 Å². The maximum atomic E-state index is 12.3. The molecule has 0 atom stereocenters. The third-order valence-corrected chi connectivity index (χ3v) is 4.65. The monoisotopic (exact) mass is 363 g/mol. The molecule has 0 radical (unpaired) electrons. The number of carbonyl (C=O) groups excluding carboxylic acids is 2. The number of aromatic amines is 1. The number of para-hydroxylation sites is 1. The van der Waals surface area contributed by atoms with Crippen LogP contribution in [-0.4, -0.2) is 35.1 Å². The van der Waals surface area contributed by atoms with E-state index in [0.29, 0.717) is 5.69 Å². The van der Waals surface area contributed by atoms with Gasteiger partial charge in [-0.15, -0.1) is 0 Å². The van der Waals surface area contributed by atoms with Crippen LogP contribution >= 0.6 is 0 Å². The molecule has 0 aliphatic carbocycles. The topological polar surface area (TPSA) is 98.9 Å². The third-order valence-electron chi connectivity index (χ3n) is 4.65. The smallest absolute Gasteiger partial charge is 0.272 e.